The first kappa shape index (κ1) is 19.6. The third-order valence-corrected chi connectivity index (χ3v) is 5.06. The maximum absolute atomic E-state index is 2.47. The highest BCUT2D eigenvalue weighted by Gasteiger charge is 2.12. The van der Waals surface area contributed by atoms with Gasteiger partial charge in [-0.15, -0.1) is 0 Å². The van der Waals surface area contributed by atoms with Crippen LogP contribution in [0.4, 0.5) is 11.4 Å². The number of hydrogen-bond acceptors (Lipinski definition) is 1. The molecule has 0 aliphatic rings. The second kappa shape index (κ2) is 11.7. The van der Waals surface area contributed by atoms with Crippen LogP contribution in [0.15, 0.2) is 60.7 Å². The molecule has 0 bridgehead atoms. The molecule has 0 amide bonds. The third kappa shape index (κ3) is 6.94. The zero-order valence-corrected chi connectivity index (χ0v) is 16.2. The van der Waals surface area contributed by atoms with E-state index in [1.165, 1.54) is 62.7 Å². The van der Waals surface area contributed by atoms with E-state index in [1.807, 2.05) is 0 Å². The molecule has 2 aromatic carbocycles. The van der Waals surface area contributed by atoms with Crippen LogP contribution in [-0.2, 0) is 0 Å². The molecule has 0 aliphatic heterocycles. The minimum Gasteiger partial charge on any atom is -0.341 e. The minimum absolute atomic E-state index is 0.910. The van der Waals surface area contributed by atoms with E-state index in [1.54, 1.807) is 0 Å². The lowest BCUT2D eigenvalue weighted by Crippen LogP contribution is -2.19. The van der Waals surface area contributed by atoms with E-state index in [-0.39, 0.29) is 0 Å². The van der Waals surface area contributed by atoms with Crippen molar-refractivity contribution in [1.29, 1.82) is 0 Å². The Bertz CT molecular complexity index is 501. The molecule has 0 heterocycles. The van der Waals surface area contributed by atoms with Gasteiger partial charge in [0, 0.05) is 17.9 Å². The molecular weight excluding hydrogens is 302 g/mol. The molecule has 0 N–H and O–H groups in total. The predicted molar refractivity (Wildman–Crippen MR) is 112 cm³/mol. The van der Waals surface area contributed by atoms with E-state index in [4.69, 9.17) is 0 Å². The van der Waals surface area contributed by atoms with Crippen LogP contribution in [0.2, 0.25) is 0 Å². The minimum atomic E-state index is 0.910. The number of hydrogen-bond donors (Lipinski definition) is 0. The number of unbranched alkanes of at least 4 members (excludes halogenated alkanes) is 2. The van der Waals surface area contributed by atoms with Crippen molar-refractivity contribution in [2.75, 3.05) is 11.4 Å². The lowest BCUT2D eigenvalue weighted by atomic mass is 9.91. The second-order valence-corrected chi connectivity index (χ2v) is 7.12. The average Bonchev–Trinajstić information content (AvgIpc) is 2.68. The van der Waals surface area contributed by atoms with Crippen molar-refractivity contribution in [3.8, 4) is 0 Å². The van der Waals surface area contributed by atoms with Gasteiger partial charge in [-0.2, -0.15) is 0 Å². The highest BCUT2D eigenvalue weighted by molar-refractivity contribution is 5.62. The van der Waals surface area contributed by atoms with Crippen LogP contribution < -0.4 is 4.90 Å². The Labute approximate surface area is 155 Å². The Hall–Kier alpha value is -1.76. The summed E-state index contributed by atoms with van der Waals surface area (Å²) in [6, 6.07) is 21.6. The van der Waals surface area contributed by atoms with Crippen LogP contribution in [0.3, 0.4) is 0 Å². The maximum atomic E-state index is 2.47. The fourth-order valence-corrected chi connectivity index (χ4v) is 3.58. The molecule has 0 aromatic heterocycles. The summed E-state index contributed by atoms with van der Waals surface area (Å²) < 4.78 is 0. The van der Waals surface area contributed by atoms with Gasteiger partial charge in [0.2, 0.25) is 0 Å². The zero-order chi connectivity index (χ0) is 17.7. The van der Waals surface area contributed by atoms with Crippen LogP contribution in [-0.4, -0.2) is 6.54 Å². The van der Waals surface area contributed by atoms with E-state index >= 15 is 0 Å². The Morgan fingerprint density at radius 1 is 0.640 bits per heavy atom. The molecule has 25 heavy (non-hydrogen) atoms. The van der Waals surface area contributed by atoms with E-state index in [0.717, 1.165) is 12.5 Å². The first-order chi connectivity index (χ1) is 12.3. The Kier molecular flexibility index (Phi) is 9.18. The molecular formula is C24H35N. The van der Waals surface area contributed by atoms with Crippen molar-refractivity contribution in [1.82, 2.24) is 0 Å². The molecule has 1 nitrogen and oxygen atoms in total. The summed E-state index contributed by atoms with van der Waals surface area (Å²) in [7, 11) is 0. The monoisotopic (exact) mass is 337 g/mol. The van der Waals surface area contributed by atoms with Gasteiger partial charge in [-0.25, -0.2) is 0 Å². The molecule has 0 radical (unpaired) electrons. The fraction of sp³-hybridized carbons (Fsp3) is 0.500. The van der Waals surface area contributed by atoms with Crippen molar-refractivity contribution in [3.05, 3.63) is 60.7 Å². The molecule has 0 atom stereocenters. The molecule has 136 valence electrons. The largest absolute Gasteiger partial charge is 0.341 e. The van der Waals surface area contributed by atoms with Crippen LogP contribution in [0, 0.1) is 5.92 Å². The highest BCUT2D eigenvalue weighted by Crippen LogP contribution is 2.27. The van der Waals surface area contributed by atoms with Gasteiger partial charge < -0.3 is 4.90 Å². The second-order valence-electron chi connectivity index (χ2n) is 7.12. The first-order valence-corrected chi connectivity index (χ1v) is 10.2. The standard InChI is InChI=1S/C24H35N/c1-3-5-14-22(15-6-4-2)16-13-21-25(23-17-9-7-10-18-23)24-19-11-8-12-20-24/h7-12,17-20,22H,3-6,13-16,21H2,1-2H3. The summed E-state index contributed by atoms with van der Waals surface area (Å²) in [6.45, 7) is 5.72. The topological polar surface area (TPSA) is 3.24 Å². The van der Waals surface area contributed by atoms with E-state index in [9.17, 15) is 0 Å². The molecule has 0 unspecified atom stereocenters. The smallest absolute Gasteiger partial charge is 0.0410 e. The van der Waals surface area contributed by atoms with Crippen LogP contribution in [0.1, 0.15) is 65.2 Å². The summed E-state index contributed by atoms with van der Waals surface area (Å²) in [6.07, 6.45) is 10.9. The van der Waals surface area contributed by atoms with Crippen LogP contribution in [0.5, 0.6) is 0 Å². The van der Waals surface area contributed by atoms with Gasteiger partial charge in [-0.05, 0) is 43.0 Å². The third-order valence-electron chi connectivity index (χ3n) is 5.06. The number of para-hydroxylation sites is 2. The van der Waals surface area contributed by atoms with E-state index in [2.05, 4.69) is 79.4 Å². The fourth-order valence-electron chi connectivity index (χ4n) is 3.58. The Morgan fingerprint density at radius 3 is 1.52 bits per heavy atom. The number of benzene rings is 2. The number of nitrogens with zero attached hydrogens (tertiary/aromatic N) is 1. The highest BCUT2D eigenvalue weighted by atomic mass is 15.1. The van der Waals surface area contributed by atoms with Crippen LogP contribution >= 0.6 is 0 Å². The first-order valence-electron chi connectivity index (χ1n) is 10.2. The quantitative estimate of drug-likeness (QED) is 0.385. The summed E-state index contributed by atoms with van der Waals surface area (Å²) in [5.41, 5.74) is 2.60. The van der Waals surface area contributed by atoms with Crippen LogP contribution in [0.25, 0.3) is 0 Å². The summed E-state index contributed by atoms with van der Waals surface area (Å²) in [5.74, 6) is 0.910. The maximum Gasteiger partial charge on any atom is 0.0410 e. The van der Waals surface area contributed by atoms with E-state index in [0.29, 0.717) is 0 Å². The molecule has 2 rings (SSSR count). The Balaban J connectivity index is 1.97. The molecule has 0 saturated heterocycles. The molecule has 0 saturated carbocycles. The van der Waals surface area contributed by atoms with Gasteiger partial charge in [0.1, 0.15) is 0 Å². The molecule has 0 spiro atoms. The van der Waals surface area contributed by atoms with Gasteiger partial charge in [-0.3, -0.25) is 0 Å². The number of rotatable bonds is 12. The summed E-state index contributed by atoms with van der Waals surface area (Å²) in [4.78, 5) is 2.47. The zero-order valence-electron chi connectivity index (χ0n) is 16.2. The van der Waals surface area contributed by atoms with Crippen molar-refractivity contribution in [2.45, 2.75) is 65.2 Å². The van der Waals surface area contributed by atoms with Gasteiger partial charge in [0.25, 0.3) is 0 Å². The normalized spacial score (nSPS) is 11.0. The van der Waals surface area contributed by atoms with Gasteiger partial charge in [-0.1, -0.05) is 88.8 Å². The van der Waals surface area contributed by atoms with Gasteiger partial charge >= 0.3 is 0 Å². The average molecular weight is 338 g/mol. The van der Waals surface area contributed by atoms with Crippen molar-refractivity contribution < 1.29 is 0 Å². The summed E-state index contributed by atoms with van der Waals surface area (Å²) in [5, 5.41) is 0. The molecule has 1 heteroatoms. The lowest BCUT2D eigenvalue weighted by molar-refractivity contribution is 0.386. The van der Waals surface area contributed by atoms with Gasteiger partial charge in [0.05, 0.1) is 0 Å². The summed E-state index contributed by atoms with van der Waals surface area (Å²) >= 11 is 0. The van der Waals surface area contributed by atoms with Crippen molar-refractivity contribution in [2.24, 2.45) is 5.92 Å². The van der Waals surface area contributed by atoms with Gasteiger partial charge in [0.15, 0.2) is 0 Å². The lowest BCUT2D eigenvalue weighted by Gasteiger charge is -2.26. The molecule has 0 aliphatic carbocycles. The van der Waals surface area contributed by atoms with Crippen molar-refractivity contribution in [3.63, 3.8) is 0 Å². The SMILES string of the molecule is CCCCC(CCCC)CCCN(c1ccccc1)c1ccccc1. The van der Waals surface area contributed by atoms with E-state index < -0.39 is 0 Å². The number of anilines is 2. The molecule has 2 aromatic rings. The van der Waals surface area contributed by atoms with Crippen molar-refractivity contribution >= 4 is 11.4 Å². The Morgan fingerprint density at radius 2 is 1.08 bits per heavy atom. The molecule has 0 fully saturated rings. The predicted octanol–water partition coefficient (Wildman–Crippen LogP) is 7.60.